The van der Waals surface area contributed by atoms with Crippen LogP contribution < -0.4 is 0 Å². The Labute approximate surface area is 68.8 Å². The second-order valence-electron chi connectivity index (χ2n) is 3.18. The average molecular weight is 155 g/mol. The first-order chi connectivity index (χ1) is 5.25. The molecule has 11 heavy (non-hydrogen) atoms. The third-order valence-electron chi connectivity index (χ3n) is 2.23. The molecule has 0 bridgehead atoms. The Morgan fingerprint density at radius 1 is 1.73 bits per heavy atom. The molecule has 1 atom stereocenters. The van der Waals surface area contributed by atoms with Crippen LogP contribution in [-0.2, 0) is 4.74 Å². The summed E-state index contributed by atoms with van der Waals surface area (Å²) in [4.78, 5) is 2.34. The summed E-state index contributed by atoms with van der Waals surface area (Å²) in [5, 5.41) is 0. The van der Waals surface area contributed by atoms with E-state index in [9.17, 15) is 0 Å². The molecule has 1 heterocycles. The molecule has 1 rings (SSSR count). The van der Waals surface area contributed by atoms with Crippen LogP contribution in [0.3, 0.4) is 0 Å². The Balaban J connectivity index is 2.44. The maximum absolute atomic E-state index is 5.12. The number of nitrogens with zero attached hydrogens (tertiary/aromatic N) is 1. The Morgan fingerprint density at radius 2 is 2.45 bits per heavy atom. The van der Waals surface area contributed by atoms with E-state index in [2.05, 4.69) is 18.4 Å². The predicted octanol–water partition coefficient (Wildman–Crippen LogP) is 1.63. The van der Waals surface area contributed by atoms with Gasteiger partial charge < -0.3 is 9.64 Å². The summed E-state index contributed by atoms with van der Waals surface area (Å²) in [6.07, 6.45) is 2.53. The molecule has 0 aliphatic carbocycles. The zero-order chi connectivity index (χ0) is 8.27. The van der Waals surface area contributed by atoms with Crippen LogP contribution in [0.15, 0.2) is 12.3 Å². The van der Waals surface area contributed by atoms with E-state index in [0.717, 1.165) is 13.2 Å². The van der Waals surface area contributed by atoms with Crippen molar-refractivity contribution in [3.8, 4) is 0 Å². The van der Waals surface area contributed by atoms with Crippen LogP contribution in [-0.4, -0.2) is 31.2 Å². The lowest BCUT2D eigenvalue weighted by atomic mass is 10.2. The summed E-state index contributed by atoms with van der Waals surface area (Å²) in [6.45, 7) is 8.00. The highest BCUT2D eigenvalue weighted by Crippen LogP contribution is 2.20. The van der Waals surface area contributed by atoms with E-state index in [1.807, 2.05) is 0 Å². The third-order valence-corrected chi connectivity index (χ3v) is 2.23. The van der Waals surface area contributed by atoms with Crippen molar-refractivity contribution in [2.75, 3.05) is 20.3 Å². The van der Waals surface area contributed by atoms with Gasteiger partial charge in [0, 0.05) is 19.4 Å². The van der Waals surface area contributed by atoms with Gasteiger partial charge in [0.1, 0.15) is 0 Å². The van der Waals surface area contributed by atoms with E-state index in [1.165, 1.54) is 18.5 Å². The van der Waals surface area contributed by atoms with E-state index in [1.54, 1.807) is 7.11 Å². The highest BCUT2D eigenvalue weighted by Gasteiger charge is 2.23. The van der Waals surface area contributed by atoms with Gasteiger partial charge >= 0.3 is 0 Å². The molecule has 1 saturated heterocycles. The fourth-order valence-corrected chi connectivity index (χ4v) is 1.70. The Bertz CT molecular complexity index is 144. The molecule has 0 amide bonds. The first kappa shape index (κ1) is 8.60. The number of methoxy groups -OCH3 is 1. The molecule has 0 spiro atoms. The molecule has 0 aromatic heterocycles. The molecule has 2 heteroatoms. The minimum Gasteiger partial charge on any atom is -0.383 e. The number of likely N-dealkylation sites (tertiary alicyclic amines) is 1. The van der Waals surface area contributed by atoms with Crippen molar-refractivity contribution in [3.05, 3.63) is 12.3 Å². The van der Waals surface area contributed by atoms with Gasteiger partial charge in [-0.15, -0.1) is 0 Å². The molecule has 1 fully saturated rings. The molecule has 1 aliphatic rings. The van der Waals surface area contributed by atoms with Crippen LogP contribution in [0, 0.1) is 0 Å². The van der Waals surface area contributed by atoms with Gasteiger partial charge in [0.05, 0.1) is 12.6 Å². The Hall–Kier alpha value is -0.500. The normalized spacial score (nSPS) is 24.2. The molecule has 64 valence electrons. The molecule has 2 nitrogen and oxygen atoms in total. The number of hydrogen-bond donors (Lipinski definition) is 0. The first-order valence-electron chi connectivity index (χ1n) is 4.17. The Morgan fingerprint density at radius 3 is 3.00 bits per heavy atom. The minimum absolute atomic E-state index is 0.581. The summed E-state index contributed by atoms with van der Waals surface area (Å²) in [7, 11) is 1.76. The van der Waals surface area contributed by atoms with Crippen LogP contribution in [0.4, 0.5) is 0 Å². The lowest BCUT2D eigenvalue weighted by molar-refractivity contribution is 0.132. The molecule has 0 radical (unpaired) electrons. The van der Waals surface area contributed by atoms with Crippen LogP contribution in [0.2, 0.25) is 0 Å². The number of ether oxygens (including phenoxy) is 1. The van der Waals surface area contributed by atoms with Gasteiger partial charge in [-0.25, -0.2) is 0 Å². The van der Waals surface area contributed by atoms with E-state index in [0.29, 0.717) is 6.04 Å². The molecule has 1 aliphatic heterocycles. The van der Waals surface area contributed by atoms with Crippen molar-refractivity contribution in [1.82, 2.24) is 4.90 Å². The predicted molar refractivity (Wildman–Crippen MR) is 46.4 cm³/mol. The highest BCUT2D eigenvalue weighted by atomic mass is 16.5. The molecular weight excluding hydrogens is 138 g/mol. The van der Waals surface area contributed by atoms with Crippen LogP contribution in [0.25, 0.3) is 0 Å². The average Bonchev–Trinajstić information content (AvgIpc) is 2.36. The monoisotopic (exact) mass is 155 g/mol. The number of hydrogen-bond acceptors (Lipinski definition) is 2. The number of allylic oxidation sites excluding steroid dienone is 1. The van der Waals surface area contributed by atoms with Crippen LogP contribution in [0.1, 0.15) is 19.8 Å². The zero-order valence-corrected chi connectivity index (χ0v) is 7.47. The van der Waals surface area contributed by atoms with Crippen LogP contribution in [0.5, 0.6) is 0 Å². The van der Waals surface area contributed by atoms with Crippen molar-refractivity contribution in [3.63, 3.8) is 0 Å². The second kappa shape index (κ2) is 3.77. The topological polar surface area (TPSA) is 12.5 Å². The van der Waals surface area contributed by atoms with Gasteiger partial charge in [-0.3, -0.25) is 0 Å². The smallest absolute Gasteiger partial charge is 0.0666 e. The lowest BCUT2D eigenvalue weighted by Gasteiger charge is -2.25. The zero-order valence-electron chi connectivity index (χ0n) is 7.47. The second-order valence-corrected chi connectivity index (χ2v) is 3.18. The largest absolute Gasteiger partial charge is 0.383 e. The molecule has 0 aromatic rings. The van der Waals surface area contributed by atoms with Crippen molar-refractivity contribution in [2.24, 2.45) is 0 Å². The minimum atomic E-state index is 0.581. The third kappa shape index (κ3) is 1.96. The highest BCUT2D eigenvalue weighted by molar-refractivity contribution is 4.96. The fraction of sp³-hybridized carbons (Fsp3) is 0.778. The molecule has 0 N–H and O–H groups in total. The van der Waals surface area contributed by atoms with Crippen molar-refractivity contribution in [1.29, 1.82) is 0 Å². The molecule has 0 unspecified atom stereocenters. The molecule has 0 saturated carbocycles. The SMILES string of the molecule is C=C(C)N1CCC[C@H]1COC. The van der Waals surface area contributed by atoms with Gasteiger partial charge in [-0.2, -0.15) is 0 Å². The lowest BCUT2D eigenvalue weighted by Crippen LogP contribution is -2.30. The van der Waals surface area contributed by atoms with Crippen molar-refractivity contribution < 1.29 is 4.74 Å². The number of rotatable bonds is 3. The van der Waals surface area contributed by atoms with Gasteiger partial charge in [-0.1, -0.05) is 6.58 Å². The van der Waals surface area contributed by atoms with E-state index < -0.39 is 0 Å². The summed E-state index contributed by atoms with van der Waals surface area (Å²) in [5.74, 6) is 0. The maximum atomic E-state index is 5.12. The summed E-state index contributed by atoms with van der Waals surface area (Å²) in [6, 6.07) is 0.581. The Kier molecular flexibility index (Phi) is 2.94. The fourth-order valence-electron chi connectivity index (χ4n) is 1.70. The van der Waals surface area contributed by atoms with Crippen molar-refractivity contribution in [2.45, 2.75) is 25.8 Å². The van der Waals surface area contributed by atoms with Gasteiger partial charge in [0.2, 0.25) is 0 Å². The quantitative estimate of drug-likeness (QED) is 0.614. The standard InChI is InChI=1S/C9H17NO/c1-8(2)10-6-4-5-9(10)7-11-3/h9H,1,4-7H2,2-3H3/t9-/m0/s1. The van der Waals surface area contributed by atoms with E-state index in [-0.39, 0.29) is 0 Å². The van der Waals surface area contributed by atoms with Gasteiger partial charge in [-0.05, 0) is 19.8 Å². The van der Waals surface area contributed by atoms with Crippen LogP contribution >= 0.6 is 0 Å². The summed E-state index contributed by atoms with van der Waals surface area (Å²) < 4.78 is 5.12. The van der Waals surface area contributed by atoms with E-state index in [4.69, 9.17) is 4.74 Å². The van der Waals surface area contributed by atoms with Crippen molar-refractivity contribution >= 4 is 0 Å². The van der Waals surface area contributed by atoms with Gasteiger partial charge in [0.25, 0.3) is 0 Å². The maximum Gasteiger partial charge on any atom is 0.0666 e. The van der Waals surface area contributed by atoms with E-state index >= 15 is 0 Å². The molecular formula is C9H17NO. The van der Waals surface area contributed by atoms with Gasteiger partial charge in [0.15, 0.2) is 0 Å². The summed E-state index contributed by atoms with van der Waals surface area (Å²) >= 11 is 0. The molecule has 0 aromatic carbocycles. The first-order valence-corrected chi connectivity index (χ1v) is 4.17. The summed E-state index contributed by atoms with van der Waals surface area (Å²) in [5.41, 5.74) is 1.17.